The van der Waals surface area contributed by atoms with Crippen molar-refractivity contribution in [2.45, 2.75) is 33.4 Å². The summed E-state index contributed by atoms with van der Waals surface area (Å²) in [6, 6.07) is 4.11. The molecule has 1 atom stereocenters. The van der Waals surface area contributed by atoms with Gasteiger partial charge in [-0.25, -0.2) is 4.79 Å². The van der Waals surface area contributed by atoms with Gasteiger partial charge in [-0.1, -0.05) is 5.16 Å². The van der Waals surface area contributed by atoms with Gasteiger partial charge in [-0.05, 0) is 32.4 Å². The minimum absolute atomic E-state index is 0.0202. The molecule has 0 bridgehead atoms. The van der Waals surface area contributed by atoms with Crippen LogP contribution in [0.2, 0.25) is 0 Å². The zero-order valence-electron chi connectivity index (χ0n) is 14.4. The highest BCUT2D eigenvalue weighted by atomic mass is 32.1. The third-order valence-electron chi connectivity index (χ3n) is 4.42. The van der Waals surface area contributed by atoms with Crippen molar-refractivity contribution in [2.24, 2.45) is 0 Å². The molecule has 3 rings (SSSR count). The normalized spacial score (nSPS) is 17.0. The molecule has 24 heavy (non-hydrogen) atoms. The Kier molecular flexibility index (Phi) is 5.20. The van der Waals surface area contributed by atoms with Crippen LogP contribution in [0.4, 0.5) is 4.79 Å². The van der Waals surface area contributed by atoms with Crippen molar-refractivity contribution in [2.75, 3.05) is 26.2 Å². The average molecular weight is 348 g/mol. The fourth-order valence-corrected chi connectivity index (χ4v) is 4.11. The van der Waals surface area contributed by atoms with E-state index in [0.717, 1.165) is 38.4 Å². The van der Waals surface area contributed by atoms with Gasteiger partial charge in [-0.2, -0.15) is 0 Å². The summed E-state index contributed by atoms with van der Waals surface area (Å²) in [5.41, 5.74) is 2.15. The number of thiophene rings is 1. The van der Waals surface area contributed by atoms with Crippen LogP contribution < -0.4 is 5.32 Å². The Morgan fingerprint density at radius 3 is 2.71 bits per heavy atom. The largest absolute Gasteiger partial charge is 0.364 e. The maximum atomic E-state index is 12.5. The third kappa shape index (κ3) is 3.96. The molecule has 2 aromatic rings. The molecule has 1 aliphatic heterocycles. The SMILES string of the molecule is Cc1cc(C(C)NC(=O)N2CCN(Cc3ccon3)CC2)c(C)s1. The standard InChI is InChI=1S/C17H24N4O2S/c1-12-10-16(14(3)24-12)13(2)18-17(22)21-7-5-20(6-8-21)11-15-4-9-23-19-15/h4,9-10,13H,5-8,11H2,1-3H3,(H,18,22). The fourth-order valence-electron chi connectivity index (χ4n) is 3.09. The van der Waals surface area contributed by atoms with E-state index in [-0.39, 0.29) is 12.1 Å². The third-order valence-corrected chi connectivity index (χ3v) is 5.40. The molecule has 2 aromatic heterocycles. The quantitative estimate of drug-likeness (QED) is 0.923. The van der Waals surface area contributed by atoms with Crippen molar-refractivity contribution in [3.63, 3.8) is 0 Å². The summed E-state index contributed by atoms with van der Waals surface area (Å²) in [5, 5.41) is 7.07. The van der Waals surface area contributed by atoms with Crippen LogP contribution in [0, 0.1) is 13.8 Å². The highest BCUT2D eigenvalue weighted by molar-refractivity contribution is 7.12. The number of aryl methyl sites for hydroxylation is 2. The summed E-state index contributed by atoms with van der Waals surface area (Å²) in [6.07, 6.45) is 1.59. The first-order chi connectivity index (χ1) is 11.5. The number of amides is 2. The number of carbonyl (C=O) groups is 1. The smallest absolute Gasteiger partial charge is 0.317 e. The Morgan fingerprint density at radius 2 is 2.12 bits per heavy atom. The van der Waals surface area contributed by atoms with Gasteiger partial charge < -0.3 is 14.7 Å². The summed E-state index contributed by atoms with van der Waals surface area (Å²) in [5.74, 6) is 0. The second-order valence-electron chi connectivity index (χ2n) is 6.29. The summed E-state index contributed by atoms with van der Waals surface area (Å²) in [6.45, 7) is 10.2. The van der Waals surface area contributed by atoms with Crippen LogP contribution in [-0.4, -0.2) is 47.2 Å². The minimum atomic E-state index is 0.0202. The van der Waals surface area contributed by atoms with Gasteiger partial charge in [0, 0.05) is 48.5 Å². The summed E-state index contributed by atoms with van der Waals surface area (Å²) < 4.78 is 4.86. The fraction of sp³-hybridized carbons (Fsp3) is 0.529. The lowest BCUT2D eigenvalue weighted by atomic mass is 10.1. The van der Waals surface area contributed by atoms with Gasteiger partial charge in [0.05, 0.1) is 11.7 Å². The van der Waals surface area contributed by atoms with Gasteiger partial charge in [0.15, 0.2) is 0 Å². The Labute approximate surface area is 146 Å². The molecule has 2 amide bonds. The predicted octanol–water partition coefficient (Wildman–Crippen LogP) is 2.94. The lowest BCUT2D eigenvalue weighted by Gasteiger charge is -2.34. The van der Waals surface area contributed by atoms with Gasteiger partial charge in [0.2, 0.25) is 0 Å². The van der Waals surface area contributed by atoms with E-state index in [0.29, 0.717) is 0 Å². The van der Waals surface area contributed by atoms with E-state index in [9.17, 15) is 4.79 Å². The molecule has 0 aromatic carbocycles. The van der Waals surface area contributed by atoms with Crippen molar-refractivity contribution in [1.82, 2.24) is 20.3 Å². The number of rotatable bonds is 4. The topological polar surface area (TPSA) is 61.6 Å². The molecule has 130 valence electrons. The van der Waals surface area contributed by atoms with Crippen LogP contribution in [0.25, 0.3) is 0 Å². The van der Waals surface area contributed by atoms with Crippen molar-refractivity contribution in [3.8, 4) is 0 Å². The van der Waals surface area contributed by atoms with E-state index < -0.39 is 0 Å². The van der Waals surface area contributed by atoms with Gasteiger partial charge in [0.1, 0.15) is 6.26 Å². The lowest BCUT2D eigenvalue weighted by molar-refractivity contribution is 0.132. The maximum absolute atomic E-state index is 12.5. The Morgan fingerprint density at radius 1 is 1.38 bits per heavy atom. The van der Waals surface area contributed by atoms with Crippen LogP contribution in [0.3, 0.4) is 0 Å². The van der Waals surface area contributed by atoms with E-state index in [1.807, 2.05) is 17.9 Å². The molecule has 1 unspecified atom stereocenters. The molecule has 1 aliphatic rings. The van der Waals surface area contributed by atoms with Crippen LogP contribution in [0.5, 0.6) is 0 Å². The van der Waals surface area contributed by atoms with E-state index in [4.69, 9.17) is 4.52 Å². The molecular weight excluding hydrogens is 324 g/mol. The van der Waals surface area contributed by atoms with Crippen molar-refractivity contribution in [1.29, 1.82) is 0 Å². The van der Waals surface area contributed by atoms with Gasteiger partial charge in [-0.3, -0.25) is 4.90 Å². The van der Waals surface area contributed by atoms with E-state index in [1.165, 1.54) is 15.3 Å². The van der Waals surface area contributed by atoms with Crippen LogP contribution >= 0.6 is 11.3 Å². The van der Waals surface area contributed by atoms with Gasteiger partial charge >= 0.3 is 6.03 Å². The van der Waals surface area contributed by atoms with Crippen molar-refractivity contribution < 1.29 is 9.32 Å². The number of carbonyl (C=O) groups excluding carboxylic acids is 1. The molecular formula is C17H24N4O2S. The number of nitrogens with one attached hydrogen (secondary N) is 1. The zero-order chi connectivity index (χ0) is 17.1. The molecule has 1 fully saturated rings. The molecule has 0 aliphatic carbocycles. The first-order valence-corrected chi connectivity index (χ1v) is 9.08. The maximum Gasteiger partial charge on any atom is 0.317 e. The van der Waals surface area contributed by atoms with Crippen LogP contribution in [0.1, 0.15) is 34.0 Å². The first-order valence-electron chi connectivity index (χ1n) is 8.27. The highest BCUT2D eigenvalue weighted by Crippen LogP contribution is 2.26. The lowest BCUT2D eigenvalue weighted by Crippen LogP contribution is -2.51. The van der Waals surface area contributed by atoms with E-state index in [1.54, 1.807) is 17.6 Å². The number of aromatic nitrogens is 1. The van der Waals surface area contributed by atoms with Crippen LogP contribution in [-0.2, 0) is 6.54 Å². The number of hydrogen-bond acceptors (Lipinski definition) is 5. The molecule has 1 N–H and O–H groups in total. The Balaban J connectivity index is 1.49. The Hall–Kier alpha value is -1.86. The molecule has 0 saturated carbocycles. The molecule has 0 radical (unpaired) electrons. The van der Waals surface area contributed by atoms with E-state index >= 15 is 0 Å². The van der Waals surface area contributed by atoms with Crippen LogP contribution in [0.15, 0.2) is 22.9 Å². The monoisotopic (exact) mass is 348 g/mol. The Bertz CT molecular complexity index is 675. The summed E-state index contributed by atoms with van der Waals surface area (Å²) >= 11 is 1.78. The second-order valence-corrected chi connectivity index (χ2v) is 7.75. The second kappa shape index (κ2) is 7.36. The molecule has 1 saturated heterocycles. The first kappa shape index (κ1) is 17.0. The minimum Gasteiger partial charge on any atom is -0.364 e. The van der Waals surface area contributed by atoms with Crippen molar-refractivity contribution in [3.05, 3.63) is 39.4 Å². The summed E-state index contributed by atoms with van der Waals surface area (Å²) in [7, 11) is 0. The van der Waals surface area contributed by atoms with Crippen molar-refractivity contribution >= 4 is 17.4 Å². The average Bonchev–Trinajstić information content (AvgIpc) is 3.17. The number of piperazine rings is 1. The number of nitrogens with zero attached hydrogens (tertiary/aromatic N) is 3. The molecule has 7 heteroatoms. The summed E-state index contributed by atoms with van der Waals surface area (Å²) in [4.78, 5) is 19.2. The number of urea groups is 1. The number of hydrogen-bond donors (Lipinski definition) is 1. The molecule has 0 spiro atoms. The highest BCUT2D eigenvalue weighted by Gasteiger charge is 2.23. The van der Waals surface area contributed by atoms with E-state index in [2.05, 4.69) is 35.3 Å². The predicted molar refractivity (Wildman–Crippen MR) is 94.1 cm³/mol. The van der Waals surface area contributed by atoms with Gasteiger partial charge in [0.25, 0.3) is 0 Å². The van der Waals surface area contributed by atoms with Gasteiger partial charge in [-0.15, -0.1) is 11.3 Å². The molecule has 3 heterocycles. The zero-order valence-corrected chi connectivity index (χ0v) is 15.2. The molecule has 6 nitrogen and oxygen atoms in total.